The second kappa shape index (κ2) is 6.06. The number of piperidine rings is 1. The second-order valence-electron chi connectivity index (χ2n) is 5.60. The van der Waals surface area contributed by atoms with Crippen molar-refractivity contribution < 1.29 is 9.90 Å². The largest absolute Gasteiger partial charge is 0.506 e. The van der Waals surface area contributed by atoms with Crippen LogP contribution in [0.1, 0.15) is 23.2 Å². The molecule has 0 radical (unpaired) electrons. The van der Waals surface area contributed by atoms with Gasteiger partial charge in [0.2, 0.25) is 0 Å². The minimum atomic E-state index is -0.0658. The van der Waals surface area contributed by atoms with Gasteiger partial charge in [-0.1, -0.05) is 46.3 Å². The molecule has 1 saturated heterocycles. The minimum absolute atomic E-state index is 0.0658. The van der Waals surface area contributed by atoms with Crippen LogP contribution in [-0.2, 0) is 0 Å². The molecule has 0 bridgehead atoms. The van der Waals surface area contributed by atoms with Crippen molar-refractivity contribution in [2.45, 2.75) is 12.8 Å². The van der Waals surface area contributed by atoms with E-state index in [0.717, 1.165) is 42.0 Å². The van der Waals surface area contributed by atoms with Gasteiger partial charge in [-0.15, -0.1) is 0 Å². The van der Waals surface area contributed by atoms with Gasteiger partial charge in [0.25, 0.3) is 5.91 Å². The van der Waals surface area contributed by atoms with Crippen LogP contribution < -0.4 is 0 Å². The Morgan fingerprint density at radius 2 is 2.10 bits per heavy atom. The van der Waals surface area contributed by atoms with Crippen LogP contribution in [0.4, 0.5) is 0 Å². The molecule has 2 aromatic carbocycles. The summed E-state index contributed by atoms with van der Waals surface area (Å²) in [4.78, 5) is 14.5. The van der Waals surface area contributed by atoms with Crippen molar-refractivity contribution in [3.8, 4) is 5.75 Å². The molecule has 1 aliphatic heterocycles. The van der Waals surface area contributed by atoms with Crippen LogP contribution in [0.2, 0.25) is 0 Å². The molecule has 0 aromatic heterocycles. The van der Waals surface area contributed by atoms with E-state index in [2.05, 4.69) is 15.9 Å². The van der Waals surface area contributed by atoms with Gasteiger partial charge in [-0.2, -0.15) is 0 Å². The molecule has 110 valence electrons. The average molecular weight is 348 g/mol. The standard InChI is InChI=1S/C17H18BrNO2/c18-10-12-4-3-9-19(11-12)17(21)15-8-7-13-5-1-2-6-14(13)16(15)20/h1-2,5-8,12,20H,3-4,9-11H2. The number of fused-ring (bicyclic) bond motifs is 1. The van der Waals surface area contributed by atoms with Crippen molar-refractivity contribution in [3.63, 3.8) is 0 Å². The lowest BCUT2D eigenvalue weighted by Crippen LogP contribution is -2.40. The molecule has 1 fully saturated rings. The fraction of sp³-hybridized carbons (Fsp3) is 0.353. The first-order valence-electron chi connectivity index (χ1n) is 7.26. The highest BCUT2D eigenvalue weighted by Gasteiger charge is 2.25. The first kappa shape index (κ1) is 14.4. The molecule has 4 heteroatoms. The summed E-state index contributed by atoms with van der Waals surface area (Å²) in [6, 6.07) is 11.2. The molecule has 0 saturated carbocycles. The van der Waals surface area contributed by atoms with Crippen molar-refractivity contribution in [1.29, 1.82) is 0 Å². The summed E-state index contributed by atoms with van der Waals surface area (Å²) >= 11 is 3.50. The SMILES string of the molecule is O=C(c1ccc2ccccc2c1O)N1CCCC(CBr)C1. The first-order chi connectivity index (χ1) is 10.2. The van der Waals surface area contributed by atoms with Crippen LogP contribution >= 0.6 is 15.9 Å². The van der Waals surface area contributed by atoms with Gasteiger partial charge in [-0.05, 0) is 30.2 Å². The van der Waals surface area contributed by atoms with E-state index in [0.29, 0.717) is 11.5 Å². The van der Waals surface area contributed by atoms with E-state index in [4.69, 9.17) is 0 Å². The maximum Gasteiger partial charge on any atom is 0.257 e. The predicted octanol–water partition coefficient (Wildman–Crippen LogP) is 3.79. The van der Waals surface area contributed by atoms with Gasteiger partial charge in [0, 0.05) is 23.8 Å². The van der Waals surface area contributed by atoms with Crippen molar-refractivity contribution in [2.24, 2.45) is 5.92 Å². The number of halogens is 1. The van der Waals surface area contributed by atoms with Crippen molar-refractivity contribution in [1.82, 2.24) is 4.90 Å². The summed E-state index contributed by atoms with van der Waals surface area (Å²) in [6.45, 7) is 1.53. The maximum atomic E-state index is 12.7. The van der Waals surface area contributed by atoms with E-state index in [1.165, 1.54) is 0 Å². The number of carbonyl (C=O) groups excluding carboxylic acids is 1. The van der Waals surface area contributed by atoms with E-state index in [1.54, 1.807) is 6.07 Å². The number of hydrogen-bond donors (Lipinski definition) is 1. The third kappa shape index (κ3) is 2.77. The van der Waals surface area contributed by atoms with Gasteiger partial charge in [0.15, 0.2) is 0 Å². The van der Waals surface area contributed by atoms with Crippen LogP contribution in [0.15, 0.2) is 36.4 Å². The Balaban J connectivity index is 1.92. The third-order valence-electron chi connectivity index (χ3n) is 4.16. The van der Waals surface area contributed by atoms with E-state index in [1.807, 2.05) is 35.2 Å². The molecule has 1 heterocycles. The van der Waals surface area contributed by atoms with Gasteiger partial charge in [-0.25, -0.2) is 0 Å². The lowest BCUT2D eigenvalue weighted by molar-refractivity contribution is 0.0683. The highest BCUT2D eigenvalue weighted by molar-refractivity contribution is 9.09. The van der Waals surface area contributed by atoms with E-state index in [9.17, 15) is 9.90 Å². The lowest BCUT2D eigenvalue weighted by atomic mass is 9.98. The quantitative estimate of drug-likeness (QED) is 0.839. The Bertz CT molecular complexity index is 671. The van der Waals surface area contributed by atoms with Gasteiger partial charge in [0.1, 0.15) is 5.75 Å². The van der Waals surface area contributed by atoms with Crippen molar-refractivity contribution in [2.75, 3.05) is 18.4 Å². The number of phenolic OH excluding ortho intramolecular Hbond substituents is 1. The van der Waals surface area contributed by atoms with Gasteiger partial charge >= 0.3 is 0 Å². The van der Waals surface area contributed by atoms with Crippen LogP contribution in [0.5, 0.6) is 5.75 Å². The Morgan fingerprint density at radius 1 is 1.29 bits per heavy atom. The number of likely N-dealkylation sites (tertiary alicyclic amines) is 1. The molecule has 1 amide bonds. The Kier molecular flexibility index (Phi) is 4.15. The predicted molar refractivity (Wildman–Crippen MR) is 88.0 cm³/mol. The van der Waals surface area contributed by atoms with Crippen molar-refractivity contribution in [3.05, 3.63) is 42.0 Å². The lowest BCUT2D eigenvalue weighted by Gasteiger charge is -2.32. The summed E-state index contributed by atoms with van der Waals surface area (Å²) in [5.74, 6) is 0.535. The normalized spacial score (nSPS) is 18.9. The second-order valence-corrected chi connectivity index (χ2v) is 6.24. The molecule has 1 atom stereocenters. The van der Waals surface area contributed by atoms with Gasteiger partial charge < -0.3 is 10.0 Å². The molecule has 0 spiro atoms. The Labute approximate surface area is 132 Å². The fourth-order valence-corrected chi connectivity index (χ4v) is 3.50. The first-order valence-corrected chi connectivity index (χ1v) is 8.39. The molecule has 2 aromatic rings. The van der Waals surface area contributed by atoms with Crippen LogP contribution in [0, 0.1) is 5.92 Å². The molecule has 1 unspecified atom stereocenters. The molecule has 3 nitrogen and oxygen atoms in total. The molecule has 0 aliphatic carbocycles. The number of benzene rings is 2. The number of rotatable bonds is 2. The zero-order chi connectivity index (χ0) is 14.8. The fourth-order valence-electron chi connectivity index (χ4n) is 2.97. The zero-order valence-electron chi connectivity index (χ0n) is 11.8. The van der Waals surface area contributed by atoms with E-state index < -0.39 is 0 Å². The highest BCUT2D eigenvalue weighted by atomic mass is 79.9. The van der Waals surface area contributed by atoms with Crippen LogP contribution in [0.3, 0.4) is 0 Å². The van der Waals surface area contributed by atoms with E-state index >= 15 is 0 Å². The number of nitrogens with zero attached hydrogens (tertiary/aromatic N) is 1. The summed E-state index contributed by atoms with van der Waals surface area (Å²) in [5, 5.41) is 13.0. The Morgan fingerprint density at radius 3 is 2.90 bits per heavy atom. The smallest absolute Gasteiger partial charge is 0.257 e. The summed E-state index contributed by atoms with van der Waals surface area (Å²) in [6.07, 6.45) is 2.18. The highest BCUT2D eigenvalue weighted by Crippen LogP contribution is 2.30. The van der Waals surface area contributed by atoms with E-state index in [-0.39, 0.29) is 11.7 Å². The number of carbonyl (C=O) groups is 1. The molecular weight excluding hydrogens is 330 g/mol. The molecular formula is C17H18BrNO2. The minimum Gasteiger partial charge on any atom is -0.506 e. The summed E-state index contributed by atoms with van der Waals surface area (Å²) in [7, 11) is 0. The zero-order valence-corrected chi connectivity index (χ0v) is 13.3. The summed E-state index contributed by atoms with van der Waals surface area (Å²) < 4.78 is 0. The number of alkyl halides is 1. The molecule has 3 rings (SSSR count). The molecule has 1 aliphatic rings. The monoisotopic (exact) mass is 347 g/mol. The maximum absolute atomic E-state index is 12.7. The number of aromatic hydroxyl groups is 1. The third-order valence-corrected chi connectivity index (χ3v) is 5.07. The van der Waals surface area contributed by atoms with Gasteiger partial charge in [-0.3, -0.25) is 4.79 Å². The van der Waals surface area contributed by atoms with Crippen molar-refractivity contribution >= 4 is 32.6 Å². The molecule has 1 N–H and O–H groups in total. The summed E-state index contributed by atoms with van der Waals surface area (Å²) in [5.41, 5.74) is 0.406. The number of hydrogen-bond acceptors (Lipinski definition) is 2. The number of phenols is 1. The molecule has 21 heavy (non-hydrogen) atoms. The average Bonchev–Trinajstić information content (AvgIpc) is 2.55. The Hall–Kier alpha value is -1.55. The number of amides is 1. The van der Waals surface area contributed by atoms with Crippen LogP contribution in [-0.4, -0.2) is 34.3 Å². The topological polar surface area (TPSA) is 40.5 Å². The van der Waals surface area contributed by atoms with Crippen LogP contribution in [0.25, 0.3) is 10.8 Å². The van der Waals surface area contributed by atoms with Gasteiger partial charge in [0.05, 0.1) is 5.56 Å².